The van der Waals surface area contributed by atoms with Crippen LogP contribution < -0.4 is 4.90 Å². The average molecular weight is 505 g/mol. The maximum atomic E-state index is 12.9. The van der Waals surface area contributed by atoms with Gasteiger partial charge in [0.05, 0.1) is 12.7 Å². The van der Waals surface area contributed by atoms with Gasteiger partial charge in [-0.1, -0.05) is 11.6 Å². The van der Waals surface area contributed by atoms with Gasteiger partial charge in [-0.15, -0.1) is 0 Å². The Kier molecular flexibility index (Phi) is 5.56. The maximum Gasteiger partial charge on any atom is 0.410 e. The summed E-state index contributed by atoms with van der Waals surface area (Å²) in [7, 11) is 1.97. The lowest BCUT2D eigenvalue weighted by Crippen LogP contribution is -2.33. The number of benzene rings is 2. The monoisotopic (exact) mass is 504 g/mol. The van der Waals surface area contributed by atoms with E-state index in [1.54, 1.807) is 4.90 Å². The van der Waals surface area contributed by atoms with Gasteiger partial charge in [-0.2, -0.15) is 5.10 Å². The third-order valence-corrected chi connectivity index (χ3v) is 7.56. The molecule has 36 heavy (non-hydrogen) atoms. The highest BCUT2D eigenvalue weighted by Gasteiger charge is 2.34. The van der Waals surface area contributed by atoms with Crippen LogP contribution >= 0.6 is 11.6 Å². The Hall–Kier alpha value is -2.99. The second-order valence-corrected chi connectivity index (χ2v) is 11.8. The van der Waals surface area contributed by atoms with Crippen LogP contribution in [0.2, 0.25) is 5.02 Å². The molecule has 2 aromatic carbocycles. The topological polar surface area (TPSA) is 50.6 Å². The quantitative estimate of drug-likeness (QED) is 0.387. The van der Waals surface area contributed by atoms with Crippen molar-refractivity contribution in [2.45, 2.75) is 71.1 Å². The van der Waals surface area contributed by atoms with E-state index in [0.29, 0.717) is 24.0 Å². The molecule has 3 aromatic rings. The SMILES string of the molecule is Cn1cc(-c2cc3c(cc2C2CC2)N(c2cc(Cl)cc4c2CN(C(=O)OC(C)(C)C)C4)CCC3)cn1. The summed E-state index contributed by atoms with van der Waals surface area (Å²) in [4.78, 5) is 17.1. The van der Waals surface area contributed by atoms with E-state index in [-0.39, 0.29) is 6.09 Å². The summed E-state index contributed by atoms with van der Waals surface area (Å²) in [5, 5.41) is 5.13. The highest BCUT2D eigenvalue weighted by Crippen LogP contribution is 2.49. The van der Waals surface area contributed by atoms with Gasteiger partial charge in [0, 0.05) is 53.9 Å². The van der Waals surface area contributed by atoms with E-state index >= 15 is 0 Å². The zero-order chi connectivity index (χ0) is 25.2. The number of ether oxygens (including phenoxy) is 1. The largest absolute Gasteiger partial charge is 0.444 e. The molecule has 188 valence electrons. The molecule has 3 aliphatic rings. The van der Waals surface area contributed by atoms with Crippen molar-refractivity contribution in [3.63, 3.8) is 0 Å². The van der Waals surface area contributed by atoms with Crippen LogP contribution in [0, 0.1) is 0 Å². The van der Waals surface area contributed by atoms with Crippen molar-refractivity contribution in [3.05, 3.63) is 63.9 Å². The number of rotatable bonds is 3. The van der Waals surface area contributed by atoms with Gasteiger partial charge in [-0.05, 0) is 98.9 Å². The minimum absolute atomic E-state index is 0.281. The second-order valence-electron chi connectivity index (χ2n) is 11.4. The fourth-order valence-corrected chi connectivity index (χ4v) is 5.83. The van der Waals surface area contributed by atoms with Crippen molar-refractivity contribution in [2.75, 3.05) is 11.4 Å². The van der Waals surface area contributed by atoms with Crippen LogP contribution in [0.1, 0.15) is 68.2 Å². The normalized spacial score (nSPS) is 17.2. The second kappa shape index (κ2) is 8.55. The smallest absolute Gasteiger partial charge is 0.410 e. The third-order valence-electron chi connectivity index (χ3n) is 7.34. The van der Waals surface area contributed by atoms with Crippen LogP contribution in [-0.2, 0) is 31.3 Å². The molecule has 2 aliphatic heterocycles. The standard InChI is InChI=1S/C29H33ClN4O2/c1-29(2,3)36-28(35)33-16-20-10-22(30)12-27(25(20)17-33)34-9-5-6-19-11-23(21-14-31-32(4)15-21)24(13-26(19)34)18-7-8-18/h10-15,18H,5-9,16-17H2,1-4H3. The van der Waals surface area contributed by atoms with Gasteiger partial charge in [0.2, 0.25) is 0 Å². The minimum Gasteiger partial charge on any atom is -0.444 e. The number of halogens is 1. The van der Waals surface area contributed by atoms with E-state index in [1.165, 1.54) is 46.3 Å². The fourth-order valence-electron chi connectivity index (χ4n) is 5.59. The van der Waals surface area contributed by atoms with Gasteiger partial charge >= 0.3 is 6.09 Å². The van der Waals surface area contributed by atoms with E-state index < -0.39 is 5.60 Å². The van der Waals surface area contributed by atoms with Gasteiger partial charge in [0.25, 0.3) is 0 Å². The van der Waals surface area contributed by atoms with Gasteiger partial charge in [-0.25, -0.2) is 4.79 Å². The van der Waals surface area contributed by atoms with Crippen molar-refractivity contribution in [1.82, 2.24) is 14.7 Å². The molecular formula is C29H33ClN4O2. The molecule has 1 saturated carbocycles. The molecule has 1 amide bonds. The van der Waals surface area contributed by atoms with Gasteiger partial charge < -0.3 is 9.64 Å². The van der Waals surface area contributed by atoms with Gasteiger partial charge in [0.15, 0.2) is 0 Å². The Balaban J connectivity index is 1.40. The van der Waals surface area contributed by atoms with Gasteiger partial charge in [0.1, 0.15) is 5.60 Å². The lowest BCUT2D eigenvalue weighted by molar-refractivity contribution is 0.0242. The van der Waals surface area contributed by atoms with E-state index in [4.69, 9.17) is 16.3 Å². The summed E-state index contributed by atoms with van der Waals surface area (Å²) in [6, 6.07) is 8.88. The van der Waals surface area contributed by atoms with Crippen molar-refractivity contribution in [2.24, 2.45) is 7.05 Å². The molecular weight excluding hydrogens is 472 g/mol. The van der Waals surface area contributed by atoms with E-state index in [9.17, 15) is 4.79 Å². The number of hydrogen-bond acceptors (Lipinski definition) is 4. The fraction of sp³-hybridized carbons (Fsp3) is 0.448. The lowest BCUT2D eigenvalue weighted by Gasteiger charge is -2.34. The first-order valence-electron chi connectivity index (χ1n) is 12.9. The molecule has 3 heterocycles. The van der Waals surface area contributed by atoms with Crippen LogP contribution in [-0.4, -0.2) is 32.9 Å². The zero-order valence-corrected chi connectivity index (χ0v) is 22.2. The van der Waals surface area contributed by atoms with Crippen molar-refractivity contribution < 1.29 is 9.53 Å². The van der Waals surface area contributed by atoms with E-state index in [1.807, 2.05) is 44.8 Å². The molecule has 6 rings (SSSR count). The Bertz CT molecular complexity index is 1350. The Labute approximate surface area is 217 Å². The number of aromatic nitrogens is 2. The van der Waals surface area contributed by atoms with Crippen LogP contribution in [0.15, 0.2) is 36.7 Å². The van der Waals surface area contributed by atoms with Crippen molar-refractivity contribution >= 4 is 29.1 Å². The summed E-state index contributed by atoms with van der Waals surface area (Å²) >= 11 is 6.64. The summed E-state index contributed by atoms with van der Waals surface area (Å²) < 4.78 is 7.54. The molecule has 7 heteroatoms. The van der Waals surface area contributed by atoms with Crippen LogP contribution in [0.5, 0.6) is 0 Å². The first kappa shape index (κ1) is 23.4. The van der Waals surface area contributed by atoms with Gasteiger partial charge in [-0.3, -0.25) is 9.58 Å². The zero-order valence-electron chi connectivity index (χ0n) is 21.5. The summed E-state index contributed by atoms with van der Waals surface area (Å²) in [6.45, 7) is 7.69. The molecule has 6 nitrogen and oxygen atoms in total. The van der Waals surface area contributed by atoms with Crippen LogP contribution in [0.4, 0.5) is 16.2 Å². The number of carbonyl (C=O) groups excluding carboxylic acids is 1. The number of nitrogens with zero attached hydrogens (tertiary/aromatic N) is 4. The highest BCUT2D eigenvalue weighted by molar-refractivity contribution is 6.31. The number of aryl methyl sites for hydroxylation is 2. The number of hydrogen-bond donors (Lipinski definition) is 0. The predicted octanol–water partition coefficient (Wildman–Crippen LogP) is 6.95. The molecule has 0 bridgehead atoms. The number of fused-ring (bicyclic) bond motifs is 2. The predicted molar refractivity (Wildman–Crippen MR) is 143 cm³/mol. The lowest BCUT2D eigenvalue weighted by atomic mass is 9.90. The molecule has 1 aromatic heterocycles. The summed E-state index contributed by atoms with van der Waals surface area (Å²) in [5.74, 6) is 0.613. The van der Waals surface area contributed by atoms with Crippen LogP contribution in [0.3, 0.4) is 0 Å². The summed E-state index contributed by atoms with van der Waals surface area (Å²) in [5.41, 5.74) is 9.42. The molecule has 0 N–H and O–H groups in total. The highest BCUT2D eigenvalue weighted by atomic mass is 35.5. The number of carbonyl (C=O) groups is 1. The molecule has 1 aliphatic carbocycles. The molecule has 0 saturated heterocycles. The molecule has 0 spiro atoms. The molecule has 0 atom stereocenters. The third kappa shape index (κ3) is 4.36. The average Bonchev–Trinajstić information content (AvgIpc) is 3.42. The Morgan fingerprint density at radius 3 is 2.58 bits per heavy atom. The Morgan fingerprint density at radius 1 is 1.08 bits per heavy atom. The van der Waals surface area contributed by atoms with Crippen molar-refractivity contribution in [3.8, 4) is 11.1 Å². The maximum absolute atomic E-state index is 12.9. The van der Waals surface area contributed by atoms with E-state index in [0.717, 1.165) is 30.6 Å². The first-order chi connectivity index (χ1) is 17.2. The minimum atomic E-state index is -0.524. The summed E-state index contributed by atoms with van der Waals surface area (Å²) in [6.07, 6.45) is 8.41. The number of amides is 1. The molecule has 1 fully saturated rings. The Morgan fingerprint density at radius 2 is 1.89 bits per heavy atom. The first-order valence-corrected chi connectivity index (χ1v) is 13.3. The van der Waals surface area contributed by atoms with Crippen LogP contribution in [0.25, 0.3) is 11.1 Å². The number of anilines is 2. The molecule has 0 unspecified atom stereocenters. The van der Waals surface area contributed by atoms with E-state index in [2.05, 4.69) is 34.4 Å². The van der Waals surface area contributed by atoms with Crippen molar-refractivity contribution in [1.29, 1.82) is 0 Å². The molecule has 0 radical (unpaired) electrons.